The molecule has 0 radical (unpaired) electrons. The number of anilines is 1. The Morgan fingerprint density at radius 3 is 2.45 bits per heavy atom. The first kappa shape index (κ1) is 20.6. The first-order valence-electron chi connectivity index (χ1n) is 7.99. The molecule has 0 spiro atoms. The van der Waals surface area contributed by atoms with E-state index in [1.54, 1.807) is 30.3 Å². The molecule has 10 nitrogen and oxygen atoms in total. The number of carbonyl (C=O) groups is 2. The molecule has 0 bridgehead atoms. The molecule has 1 aliphatic heterocycles. The summed E-state index contributed by atoms with van der Waals surface area (Å²) in [4.78, 5) is 23.9. The fourth-order valence-electron chi connectivity index (χ4n) is 2.61. The van der Waals surface area contributed by atoms with Gasteiger partial charge in [-0.05, 0) is 36.8 Å². The lowest BCUT2D eigenvalue weighted by Crippen LogP contribution is -2.33. The predicted octanol–water partition coefficient (Wildman–Crippen LogP) is 2.83. The zero-order valence-electron chi connectivity index (χ0n) is 14.7. The van der Waals surface area contributed by atoms with E-state index in [0.29, 0.717) is 5.69 Å². The molecule has 1 amide bonds. The highest BCUT2D eigenvalue weighted by atomic mass is 35.5. The fourth-order valence-corrected chi connectivity index (χ4v) is 3.61. The van der Waals surface area contributed by atoms with E-state index >= 15 is 0 Å². The Labute approximate surface area is 169 Å². The summed E-state index contributed by atoms with van der Waals surface area (Å²) < 4.78 is 31.8. The summed E-state index contributed by atoms with van der Waals surface area (Å²) in [6, 6.07) is 8.89. The highest BCUT2D eigenvalue weighted by Crippen LogP contribution is 2.35. The summed E-state index contributed by atoms with van der Waals surface area (Å²) in [6.07, 6.45) is 0. The monoisotopic (exact) mass is 436 g/mol. The van der Waals surface area contributed by atoms with Crippen LogP contribution < -0.4 is 5.01 Å². The molecule has 2 N–H and O–H groups in total. The van der Waals surface area contributed by atoms with Crippen LogP contribution in [0.5, 0.6) is 0 Å². The molecule has 12 heteroatoms. The zero-order valence-corrected chi connectivity index (χ0v) is 16.3. The second-order valence-electron chi connectivity index (χ2n) is 5.94. The number of benzene rings is 2. The van der Waals surface area contributed by atoms with Crippen molar-refractivity contribution in [3.63, 3.8) is 0 Å². The van der Waals surface area contributed by atoms with Crippen molar-refractivity contribution in [3.8, 4) is 0 Å². The quantitative estimate of drug-likeness (QED) is 0.543. The first-order valence-corrected chi connectivity index (χ1v) is 9.80. The number of carboxylic acid groups (broad SMARTS) is 1. The van der Waals surface area contributed by atoms with E-state index in [1.165, 1.54) is 6.92 Å². The van der Waals surface area contributed by atoms with Gasteiger partial charge in [-0.3, -0.25) is 9.35 Å². The smallest absolute Gasteiger partial charge is 0.355 e. The molecule has 150 valence electrons. The molecule has 29 heavy (non-hydrogen) atoms. The van der Waals surface area contributed by atoms with Gasteiger partial charge >= 0.3 is 5.97 Å². The molecular formula is C17H13ClN4O6S. The SMILES string of the molecule is Cc1cc(S(=O)(=O)O)cc(Cl)c1N1N=C(C(=O)O)C(N=Nc2ccccc2)C1=O. The van der Waals surface area contributed by atoms with E-state index in [0.717, 1.165) is 17.1 Å². The molecular weight excluding hydrogens is 424 g/mol. The van der Waals surface area contributed by atoms with Crippen LogP contribution in [0.1, 0.15) is 5.56 Å². The van der Waals surface area contributed by atoms with Gasteiger partial charge in [0.25, 0.3) is 16.0 Å². The molecule has 0 aromatic heterocycles. The molecule has 1 aliphatic rings. The van der Waals surface area contributed by atoms with Gasteiger partial charge in [0, 0.05) is 0 Å². The Bertz CT molecular complexity index is 1140. The van der Waals surface area contributed by atoms with Crippen LogP contribution in [0.4, 0.5) is 11.4 Å². The number of hydrazone groups is 1. The van der Waals surface area contributed by atoms with Crippen molar-refractivity contribution < 1.29 is 27.7 Å². The number of rotatable bonds is 5. The van der Waals surface area contributed by atoms with Crippen LogP contribution in [0.25, 0.3) is 0 Å². The maximum atomic E-state index is 12.8. The van der Waals surface area contributed by atoms with Gasteiger partial charge < -0.3 is 5.11 Å². The minimum absolute atomic E-state index is 0.0276. The van der Waals surface area contributed by atoms with Crippen molar-refractivity contribution in [1.82, 2.24) is 0 Å². The standard InChI is InChI=1S/C17H13ClN4O6S/c1-9-7-11(29(26,27)28)8-12(18)15(9)22-16(23)13(14(21-22)17(24)25)20-19-10-5-3-2-4-6-10/h2-8,13H,1H3,(H,24,25)(H,26,27,28). The van der Waals surface area contributed by atoms with Gasteiger partial charge in [-0.1, -0.05) is 29.8 Å². The predicted molar refractivity (Wildman–Crippen MR) is 103 cm³/mol. The molecule has 0 fully saturated rings. The lowest BCUT2D eigenvalue weighted by molar-refractivity contribution is -0.130. The van der Waals surface area contributed by atoms with Gasteiger partial charge in [-0.25, -0.2) is 4.79 Å². The second kappa shape index (κ2) is 7.70. The van der Waals surface area contributed by atoms with Crippen LogP contribution in [-0.4, -0.2) is 41.7 Å². The Morgan fingerprint density at radius 1 is 1.24 bits per heavy atom. The van der Waals surface area contributed by atoms with Crippen molar-refractivity contribution in [2.75, 3.05) is 5.01 Å². The highest BCUT2D eigenvalue weighted by molar-refractivity contribution is 7.85. The number of aliphatic carboxylic acids is 1. The normalized spacial score (nSPS) is 17.1. The summed E-state index contributed by atoms with van der Waals surface area (Å²) in [5, 5.41) is 21.4. The van der Waals surface area contributed by atoms with Gasteiger partial charge in [0.15, 0.2) is 5.71 Å². The average molecular weight is 437 g/mol. The van der Waals surface area contributed by atoms with Gasteiger partial charge in [-0.15, -0.1) is 0 Å². The number of hydrogen-bond acceptors (Lipinski definition) is 7. The summed E-state index contributed by atoms with van der Waals surface area (Å²) >= 11 is 6.09. The molecule has 1 atom stereocenters. The van der Waals surface area contributed by atoms with Crippen molar-refractivity contribution >= 4 is 50.7 Å². The number of nitrogens with zero attached hydrogens (tertiary/aromatic N) is 4. The van der Waals surface area contributed by atoms with Crippen LogP contribution >= 0.6 is 11.6 Å². The Hall–Kier alpha value is -3.15. The zero-order chi connectivity index (χ0) is 21.3. The molecule has 2 aromatic carbocycles. The van der Waals surface area contributed by atoms with Crippen LogP contribution in [0, 0.1) is 6.92 Å². The van der Waals surface area contributed by atoms with E-state index in [-0.39, 0.29) is 16.3 Å². The number of azo groups is 1. The summed E-state index contributed by atoms with van der Waals surface area (Å²) in [5.41, 5.74) is -0.00736. The van der Waals surface area contributed by atoms with Crippen molar-refractivity contribution in [2.24, 2.45) is 15.3 Å². The third-order valence-electron chi connectivity index (χ3n) is 3.91. The summed E-state index contributed by atoms with van der Waals surface area (Å²) in [6.45, 7) is 1.43. The lowest BCUT2D eigenvalue weighted by atomic mass is 10.1. The van der Waals surface area contributed by atoms with Gasteiger partial charge in [0.1, 0.15) is 0 Å². The van der Waals surface area contributed by atoms with Crippen LogP contribution in [0.15, 0.2) is 62.7 Å². The van der Waals surface area contributed by atoms with Crippen LogP contribution in [0.3, 0.4) is 0 Å². The molecule has 0 aliphatic carbocycles. The Morgan fingerprint density at radius 2 is 1.90 bits per heavy atom. The molecule has 2 aromatic rings. The number of aryl methyl sites for hydroxylation is 1. The van der Waals surface area contributed by atoms with Crippen molar-refractivity contribution in [3.05, 3.63) is 53.1 Å². The second-order valence-corrected chi connectivity index (χ2v) is 7.77. The van der Waals surface area contributed by atoms with E-state index in [2.05, 4.69) is 15.3 Å². The summed E-state index contributed by atoms with van der Waals surface area (Å²) in [7, 11) is -4.53. The number of halogens is 1. The van der Waals surface area contributed by atoms with Crippen molar-refractivity contribution in [1.29, 1.82) is 0 Å². The van der Waals surface area contributed by atoms with E-state index in [9.17, 15) is 27.7 Å². The number of hydrogen-bond donors (Lipinski definition) is 2. The number of amides is 1. The van der Waals surface area contributed by atoms with Gasteiger partial charge in [0.05, 0.1) is 21.3 Å². The fraction of sp³-hybridized carbons (Fsp3) is 0.118. The number of carbonyl (C=O) groups excluding carboxylic acids is 1. The third kappa shape index (κ3) is 4.16. The average Bonchev–Trinajstić information content (AvgIpc) is 2.96. The van der Waals surface area contributed by atoms with Crippen molar-refractivity contribution in [2.45, 2.75) is 17.9 Å². The minimum Gasteiger partial charge on any atom is -0.477 e. The van der Waals surface area contributed by atoms with E-state index in [4.69, 9.17) is 11.6 Å². The minimum atomic E-state index is -4.53. The largest absolute Gasteiger partial charge is 0.477 e. The maximum absolute atomic E-state index is 12.8. The highest BCUT2D eigenvalue weighted by Gasteiger charge is 2.42. The molecule has 0 saturated carbocycles. The number of carboxylic acids is 1. The first-order chi connectivity index (χ1) is 13.6. The Kier molecular flexibility index (Phi) is 5.46. The van der Waals surface area contributed by atoms with E-state index < -0.39 is 38.6 Å². The summed E-state index contributed by atoms with van der Waals surface area (Å²) in [5.74, 6) is -2.30. The van der Waals surface area contributed by atoms with E-state index in [1.807, 2.05) is 0 Å². The van der Waals surface area contributed by atoms with Crippen LogP contribution in [-0.2, 0) is 19.7 Å². The lowest BCUT2D eigenvalue weighted by Gasteiger charge is -2.17. The van der Waals surface area contributed by atoms with Crippen LogP contribution in [0.2, 0.25) is 5.02 Å². The van der Waals surface area contributed by atoms with Gasteiger partial charge in [-0.2, -0.15) is 28.8 Å². The molecule has 1 heterocycles. The Balaban J connectivity index is 2.03. The topological polar surface area (TPSA) is 149 Å². The molecule has 1 unspecified atom stereocenters. The van der Waals surface area contributed by atoms with Gasteiger partial charge in [0.2, 0.25) is 6.04 Å². The molecule has 3 rings (SSSR count). The maximum Gasteiger partial charge on any atom is 0.355 e. The molecule has 0 saturated heterocycles. The third-order valence-corrected chi connectivity index (χ3v) is 5.03.